The first-order valence-electron chi connectivity index (χ1n) is 9.45. The van der Waals surface area contributed by atoms with Gasteiger partial charge in [-0.1, -0.05) is 47.6 Å². The van der Waals surface area contributed by atoms with Crippen LogP contribution in [-0.4, -0.2) is 33.6 Å². The number of hydrogen-bond acceptors (Lipinski definition) is 6. The summed E-state index contributed by atoms with van der Waals surface area (Å²) in [6, 6.07) is 17.7. The predicted molar refractivity (Wildman–Crippen MR) is 113 cm³/mol. The summed E-state index contributed by atoms with van der Waals surface area (Å²) in [4.78, 5) is 20.0. The van der Waals surface area contributed by atoms with Crippen molar-refractivity contribution in [3.63, 3.8) is 0 Å². The Hall–Kier alpha value is -3.19. The minimum Gasteiger partial charge on any atom is -0.480 e. The highest BCUT2D eigenvalue weighted by atomic mass is 32.1. The number of fused-ring (bicyclic) bond motifs is 1. The molecule has 0 aliphatic carbocycles. The van der Waals surface area contributed by atoms with Crippen molar-refractivity contribution < 1.29 is 14.1 Å². The number of likely N-dealkylation sites (N-methyl/N-ethyl adjacent to an activating group) is 1. The zero-order chi connectivity index (χ0) is 20.2. The smallest absolute Gasteiger partial charge is 0.263 e. The van der Waals surface area contributed by atoms with E-state index in [1.54, 1.807) is 23.2 Å². The molecule has 1 atom stereocenters. The number of ether oxygens (including phenoxy) is 1. The van der Waals surface area contributed by atoms with E-state index in [1.165, 1.54) is 0 Å². The molecule has 0 saturated carbocycles. The SMILES string of the molecule is CCN(Cc1nc(-c2cccs2)no1)C(=O)[C@@H](C)Oc1cccc2ccccc12. The molecule has 0 aliphatic heterocycles. The van der Waals surface area contributed by atoms with Crippen LogP contribution in [0.2, 0.25) is 0 Å². The van der Waals surface area contributed by atoms with Crippen LogP contribution >= 0.6 is 11.3 Å². The summed E-state index contributed by atoms with van der Waals surface area (Å²) in [7, 11) is 0. The summed E-state index contributed by atoms with van der Waals surface area (Å²) in [5.41, 5.74) is 0. The number of aromatic nitrogens is 2. The molecule has 6 nitrogen and oxygen atoms in total. The van der Waals surface area contributed by atoms with Gasteiger partial charge in [0.15, 0.2) is 6.10 Å². The molecule has 7 heteroatoms. The van der Waals surface area contributed by atoms with Crippen molar-refractivity contribution in [2.75, 3.05) is 6.54 Å². The first kappa shape index (κ1) is 19.1. The van der Waals surface area contributed by atoms with E-state index in [1.807, 2.05) is 66.9 Å². The number of amides is 1. The Labute approximate surface area is 172 Å². The van der Waals surface area contributed by atoms with Crippen molar-refractivity contribution >= 4 is 28.0 Å². The lowest BCUT2D eigenvalue weighted by molar-refractivity contribution is -0.138. The van der Waals surface area contributed by atoms with Crippen LogP contribution < -0.4 is 4.74 Å². The van der Waals surface area contributed by atoms with E-state index in [4.69, 9.17) is 9.26 Å². The summed E-state index contributed by atoms with van der Waals surface area (Å²) in [5.74, 6) is 1.51. The standard InChI is InChI=1S/C22H21N3O3S/c1-3-25(14-20-23-21(24-28-20)19-12-7-13-29-19)22(26)15(2)27-18-11-6-9-16-8-4-5-10-17(16)18/h4-13,15H,3,14H2,1-2H3/t15-/m1/s1. The molecule has 2 aromatic carbocycles. The fourth-order valence-corrected chi connectivity index (χ4v) is 3.78. The maximum atomic E-state index is 13.0. The predicted octanol–water partition coefficient (Wildman–Crippen LogP) is 4.77. The molecule has 0 bridgehead atoms. The van der Waals surface area contributed by atoms with Crippen LogP contribution in [0.5, 0.6) is 5.75 Å². The molecule has 2 heterocycles. The molecule has 0 N–H and O–H groups in total. The highest BCUT2D eigenvalue weighted by molar-refractivity contribution is 7.13. The normalized spacial score (nSPS) is 12.1. The van der Waals surface area contributed by atoms with E-state index in [0.717, 1.165) is 15.6 Å². The lowest BCUT2D eigenvalue weighted by Crippen LogP contribution is -2.40. The molecule has 0 spiro atoms. The lowest BCUT2D eigenvalue weighted by Gasteiger charge is -2.24. The van der Waals surface area contributed by atoms with Crippen molar-refractivity contribution in [1.29, 1.82) is 0 Å². The lowest BCUT2D eigenvalue weighted by atomic mass is 10.1. The second-order valence-corrected chi connectivity index (χ2v) is 7.53. The van der Waals surface area contributed by atoms with Crippen LogP contribution in [-0.2, 0) is 11.3 Å². The Morgan fingerprint density at radius 1 is 1.17 bits per heavy atom. The number of nitrogens with zero attached hydrogens (tertiary/aromatic N) is 3. The average molecular weight is 407 g/mol. The first-order valence-corrected chi connectivity index (χ1v) is 10.3. The van der Waals surface area contributed by atoms with Crippen molar-refractivity contribution in [3.8, 4) is 16.5 Å². The molecule has 2 aromatic heterocycles. The molecule has 0 radical (unpaired) electrons. The minimum atomic E-state index is -0.638. The van der Waals surface area contributed by atoms with Gasteiger partial charge in [-0.25, -0.2) is 0 Å². The maximum Gasteiger partial charge on any atom is 0.263 e. The summed E-state index contributed by atoms with van der Waals surface area (Å²) >= 11 is 1.54. The van der Waals surface area contributed by atoms with E-state index >= 15 is 0 Å². The molecule has 1 amide bonds. The number of benzene rings is 2. The molecule has 4 aromatic rings. The van der Waals surface area contributed by atoms with Crippen LogP contribution in [0.3, 0.4) is 0 Å². The van der Waals surface area contributed by atoms with Gasteiger partial charge in [0.2, 0.25) is 11.7 Å². The van der Waals surface area contributed by atoms with Crippen LogP contribution in [0.15, 0.2) is 64.5 Å². The Bertz CT molecular complexity index is 1100. The maximum absolute atomic E-state index is 13.0. The number of rotatable bonds is 7. The van der Waals surface area contributed by atoms with Gasteiger partial charge in [-0.05, 0) is 36.7 Å². The second kappa shape index (κ2) is 8.45. The quantitative estimate of drug-likeness (QED) is 0.441. The van der Waals surface area contributed by atoms with Gasteiger partial charge in [-0.2, -0.15) is 4.98 Å². The molecule has 0 saturated heterocycles. The van der Waals surface area contributed by atoms with Gasteiger partial charge in [0.25, 0.3) is 5.91 Å². The first-order chi connectivity index (χ1) is 14.2. The Balaban J connectivity index is 1.46. The molecule has 0 unspecified atom stereocenters. The zero-order valence-electron chi connectivity index (χ0n) is 16.2. The molecule has 29 heavy (non-hydrogen) atoms. The van der Waals surface area contributed by atoms with Crippen LogP contribution in [0, 0.1) is 0 Å². The van der Waals surface area contributed by atoms with Crippen LogP contribution in [0.1, 0.15) is 19.7 Å². The van der Waals surface area contributed by atoms with Crippen LogP contribution in [0.25, 0.3) is 21.5 Å². The average Bonchev–Trinajstić information content (AvgIpc) is 3.43. The van der Waals surface area contributed by atoms with Gasteiger partial charge in [0.05, 0.1) is 4.88 Å². The Morgan fingerprint density at radius 2 is 2.00 bits per heavy atom. The van der Waals surface area contributed by atoms with E-state index < -0.39 is 6.10 Å². The topological polar surface area (TPSA) is 68.5 Å². The third kappa shape index (κ3) is 4.14. The van der Waals surface area contributed by atoms with Crippen LogP contribution in [0.4, 0.5) is 0 Å². The molecule has 148 valence electrons. The summed E-state index contributed by atoms with van der Waals surface area (Å²) in [5, 5.41) is 8.02. The monoisotopic (exact) mass is 407 g/mol. The van der Waals surface area contributed by atoms with Crippen molar-refractivity contribution in [2.24, 2.45) is 0 Å². The molecule has 0 fully saturated rings. The fraction of sp³-hybridized carbons (Fsp3) is 0.227. The molecular weight excluding hydrogens is 386 g/mol. The molecular formula is C22H21N3O3S. The van der Waals surface area contributed by atoms with Gasteiger partial charge < -0.3 is 14.2 Å². The summed E-state index contributed by atoms with van der Waals surface area (Å²) in [6.07, 6.45) is -0.638. The highest BCUT2D eigenvalue weighted by Crippen LogP contribution is 2.26. The minimum absolute atomic E-state index is 0.128. The van der Waals surface area contributed by atoms with Crippen molar-refractivity contribution in [2.45, 2.75) is 26.5 Å². The molecule has 4 rings (SSSR count). The van der Waals surface area contributed by atoms with Gasteiger partial charge in [-0.15, -0.1) is 11.3 Å². The van der Waals surface area contributed by atoms with E-state index in [0.29, 0.717) is 24.0 Å². The highest BCUT2D eigenvalue weighted by Gasteiger charge is 2.24. The number of thiophene rings is 1. The van der Waals surface area contributed by atoms with Gasteiger partial charge in [0, 0.05) is 11.9 Å². The van der Waals surface area contributed by atoms with Gasteiger partial charge in [-0.3, -0.25) is 4.79 Å². The number of hydrogen-bond donors (Lipinski definition) is 0. The third-order valence-electron chi connectivity index (χ3n) is 4.63. The van der Waals surface area contributed by atoms with E-state index in [-0.39, 0.29) is 12.5 Å². The number of carbonyl (C=O) groups is 1. The second-order valence-electron chi connectivity index (χ2n) is 6.58. The van der Waals surface area contributed by atoms with Crippen molar-refractivity contribution in [1.82, 2.24) is 15.0 Å². The molecule has 0 aliphatic rings. The third-order valence-corrected chi connectivity index (χ3v) is 5.50. The Morgan fingerprint density at radius 3 is 2.79 bits per heavy atom. The van der Waals surface area contributed by atoms with Gasteiger partial charge >= 0.3 is 0 Å². The van der Waals surface area contributed by atoms with E-state index in [9.17, 15) is 4.79 Å². The number of carbonyl (C=O) groups excluding carboxylic acids is 1. The summed E-state index contributed by atoms with van der Waals surface area (Å²) in [6.45, 7) is 4.44. The largest absolute Gasteiger partial charge is 0.480 e. The Kier molecular flexibility index (Phi) is 5.57. The van der Waals surface area contributed by atoms with E-state index in [2.05, 4.69) is 10.1 Å². The van der Waals surface area contributed by atoms with Crippen molar-refractivity contribution in [3.05, 3.63) is 65.9 Å². The fourth-order valence-electron chi connectivity index (χ4n) is 3.13. The van der Waals surface area contributed by atoms with Gasteiger partial charge in [0.1, 0.15) is 12.3 Å². The zero-order valence-corrected chi connectivity index (χ0v) is 17.1. The summed E-state index contributed by atoms with van der Waals surface area (Å²) < 4.78 is 11.4.